The molecular formula is C17H32O4. The molecule has 0 aromatic heterocycles. The topological polar surface area (TPSA) is 74.6 Å². The molecule has 0 heterocycles. The van der Waals surface area contributed by atoms with E-state index in [0.29, 0.717) is 0 Å². The number of carbonyl (C=O) groups is 2. The van der Waals surface area contributed by atoms with Crippen LogP contribution in [-0.4, -0.2) is 22.2 Å². The smallest absolute Gasteiger partial charge is 0.306 e. The summed E-state index contributed by atoms with van der Waals surface area (Å²) >= 11 is 0. The number of carboxylic acid groups (broad SMARTS) is 2. The van der Waals surface area contributed by atoms with Crippen LogP contribution in [0.15, 0.2) is 0 Å². The Morgan fingerprint density at radius 2 is 1.62 bits per heavy atom. The van der Waals surface area contributed by atoms with E-state index in [1.54, 1.807) is 6.92 Å². The molecule has 0 aliphatic carbocycles. The lowest BCUT2D eigenvalue weighted by atomic mass is 9.75. The molecule has 0 saturated heterocycles. The van der Waals surface area contributed by atoms with Crippen LogP contribution in [0.3, 0.4) is 0 Å². The van der Waals surface area contributed by atoms with Crippen LogP contribution >= 0.6 is 0 Å². The number of unbranched alkanes of at least 4 members (excludes halogenated alkanes) is 1. The summed E-state index contributed by atoms with van der Waals surface area (Å²) < 4.78 is 0. The van der Waals surface area contributed by atoms with Crippen LogP contribution in [-0.2, 0) is 9.59 Å². The Kier molecular flexibility index (Phi) is 8.60. The molecule has 0 aliphatic rings. The van der Waals surface area contributed by atoms with Crippen LogP contribution in [0.4, 0.5) is 0 Å². The van der Waals surface area contributed by atoms with Crippen molar-refractivity contribution in [2.75, 3.05) is 0 Å². The zero-order valence-corrected chi connectivity index (χ0v) is 14.2. The molecule has 0 aliphatic heterocycles. The minimum atomic E-state index is -0.723. The number of carboxylic acids is 2. The zero-order valence-electron chi connectivity index (χ0n) is 14.2. The predicted molar refractivity (Wildman–Crippen MR) is 84.2 cm³/mol. The van der Waals surface area contributed by atoms with Gasteiger partial charge in [-0.05, 0) is 30.1 Å². The van der Waals surface area contributed by atoms with Gasteiger partial charge in [-0.3, -0.25) is 9.59 Å². The van der Waals surface area contributed by atoms with Crippen LogP contribution in [0, 0.1) is 23.2 Å². The minimum Gasteiger partial charge on any atom is -0.481 e. The average molecular weight is 300 g/mol. The van der Waals surface area contributed by atoms with Crippen LogP contribution in [0.1, 0.15) is 73.1 Å². The molecule has 0 spiro atoms. The first-order chi connectivity index (χ1) is 9.55. The molecule has 124 valence electrons. The van der Waals surface area contributed by atoms with Crippen molar-refractivity contribution in [3.8, 4) is 0 Å². The molecule has 0 aromatic carbocycles. The Labute approximate surface area is 128 Å². The minimum absolute atomic E-state index is 0.138. The fourth-order valence-electron chi connectivity index (χ4n) is 2.89. The van der Waals surface area contributed by atoms with Crippen molar-refractivity contribution < 1.29 is 19.8 Å². The molecule has 0 radical (unpaired) electrons. The van der Waals surface area contributed by atoms with Gasteiger partial charge in [0.15, 0.2) is 0 Å². The number of hydrogen-bond acceptors (Lipinski definition) is 2. The Morgan fingerprint density at radius 3 is 2.10 bits per heavy atom. The Bertz CT molecular complexity index is 336. The molecule has 4 heteroatoms. The van der Waals surface area contributed by atoms with E-state index in [4.69, 9.17) is 10.2 Å². The highest BCUT2D eigenvalue weighted by atomic mass is 16.4. The molecule has 0 fully saturated rings. The highest BCUT2D eigenvalue weighted by Gasteiger charge is 2.27. The zero-order chi connectivity index (χ0) is 16.6. The van der Waals surface area contributed by atoms with Gasteiger partial charge in [0.2, 0.25) is 0 Å². The molecular weight excluding hydrogens is 268 g/mol. The van der Waals surface area contributed by atoms with Crippen LogP contribution in [0.5, 0.6) is 0 Å². The summed E-state index contributed by atoms with van der Waals surface area (Å²) in [6.07, 6.45) is 5.28. The average Bonchev–Trinajstić information content (AvgIpc) is 2.32. The maximum atomic E-state index is 11.0. The van der Waals surface area contributed by atoms with E-state index in [2.05, 4.69) is 13.8 Å². The quantitative estimate of drug-likeness (QED) is 0.553. The molecule has 2 N–H and O–H groups in total. The van der Waals surface area contributed by atoms with Gasteiger partial charge >= 0.3 is 11.9 Å². The van der Waals surface area contributed by atoms with Gasteiger partial charge < -0.3 is 10.2 Å². The lowest BCUT2D eigenvalue weighted by molar-refractivity contribution is -0.143. The molecule has 0 amide bonds. The SMILES string of the molecule is CC(CCCCC(C)(C)CC(C)C(C)C(=O)O)CC(=O)O. The fourth-order valence-corrected chi connectivity index (χ4v) is 2.89. The molecule has 3 atom stereocenters. The van der Waals surface area contributed by atoms with E-state index in [1.165, 1.54) is 0 Å². The molecule has 21 heavy (non-hydrogen) atoms. The first-order valence-electron chi connectivity index (χ1n) is 7.99. The Hall–Kier alpha value is -1.06. The van der Waals surface area contributed by atoms with Crippen molar-refractivity contribution in [1.29, 1.82) is 0 Å². The summed E-state index contributed by atoms with van der Waals surface area (Å²) in [6.45, 7) is 10.2. The number of hydrogen-bond donors (Lipinski definition) is 2. The second-order valence-corrected chi connectivity index (χ2v) is 7.42. The van der Waals surface area contributed by atoms with Crippen LogP contribution in [0.2, 0.25) is 0 Å². The fraction of sp³-hybridized carbons (Fsp3) is 0.882. The summed E-state index contributed by atoms with van der Waals surface area (Å²) in [7, 11) is 0. The predicted octanol–water partition coefficient (Wildman–Crippen LogP) is 4.43. The molecule has 0 saturated carbocycles. The highest BCUT2D eigenvalue weighted by molar-refractivity contribution is 5.69. The number of aliphatic carboxylic acids is 2. The van der Waals surface area contributed by atoms with Crippen LogP contribution in [0.25, 0.3) is 0 Å². The van der Waals surface area contributed by atoms with Crippen molar-refractivity contribution in [1.82, 2.24) is 0 Å². The van der Waals surface area contributed by atoms with Gasteiger partial charge in [0.25, 0.3) is 0 Å². The third-order valence-electron chi connectivity index (χ3n) is 4.44. The van der Waals surface area contributed by atoms with E-state index in [-0.39, 0.29) is 29.6 Å². The summed E-state index contributed by atoms with van der Waals surface area (Å²) in [4.78, 5) is 21.6. The first-order valence-corrected chi connectivity index (χ1v) is 7.99. The summed E-state index contributed by atoms with van der Waals surface area (Å²) in [6, 6.07) is 0. The van der Waals surface area contributed by atoms with Gasteiger partial charge in [0.1, 0.15) is 0 Å². The summed E-state index contributed by atoms with van der Waals surface area (Å²) in [5, 5.41) is 17.8. The normalized spacial score (nSPS) is 16.2. The first kappa shape index (κ1) is 19.9. The molecule has 0 rings (SSSR count). The van der Waals surface area contributed by atoms with Crippen molar-refractivity contribution >= 4 is 11.9 Å². The van der Waals surface area contributed by atoms with Crippen LogP contribution < -0.4 is 0 Å². The highest BCUT2D eigenvalue weighted by Crippen LogP contribution is 2.34. The van der Waals surface area contributed by atoms with Gasteiger partial charge in [-0.15, -0.1) is 0 Å². The standard InChI is InChI=1S/C17H32O4/c1-12(10-15(18)19)8-6-7-9-17(4,5)11-13(2)14(3)16(20)21/h12-14H,6-11H2,1-5H3,(H,18,19)(H,20,21). The lowest BCUT2D eigenvalue weighted by Gasteiger charge is -2.30. The molecule has 0 bridgehead atoms. The Morgan fingerprint density at radius 1 is 1.05 bits per heavy atom. The van der Waals surface area contributed by atoms with E-state index in [9.17, 15) is 9.59 Å². The van der Waals surface area contributed by atoms with Gasteiger partial charge in [0.05, 0.1) is 5.92 Å². The lowest BCUT2D eigenvalue weighted by Crippen LogP contribution is -2.24. The van der Waals surface area contributed by atoms with E-state index >= 15 is 0 Å². The van der Waals surface area contributed by atoms with Gasteiger partial charge in [-0.25, -0.2) is 0 Å². The third kappa shape index (κ3) is 9.48. The van der Waals surface area contributed by atoms with Crippen molar-refractivity contribution in [3.05, 3.63) is 0 Å². The largest absolute Gasteiger partial charge is 0.481 e. The third-order valence-corrected chi connectivity index (χ3v) is 4.44. The van der Waals surface area contributed by atoms with Crippen molar-refractivity contribution in [3.63, 3.8) is 0 Å². The van der Waals surface area contributed by atoms with Gasteiger partial charge in [0, 0.05) is 6.42 Å². The van der Waals surface area contributed by atoms with Crippen molar-refractivity contribution in [2.45, 2.75) is 73.1 Å². The van der Waals surface area contributed by atoms with E-state index in [1.807, 2.05) is 13.8 Å². The maximum Gasteiger partial charge on any atom is 0.306 e. The van der Waals surface area contributed by atoms with E-state index in [0.717, 1.165) is 32.1 Å². The maximum absolute atomic E-state index is 11.0. The van der Waals surface area contributed by atoms with Crippen molar-refractivity contribution in [2.24, 2.45) is 23.2 Å². The van der Waals surface area contributed by atoms with Gasteiger partial charge in [-0.2, -0.15) is 0 Å². The monoisotopic (exact) mass is 300 g/mol. The summed E-state index contributed by atoms with van der Waals surface area (Å²) in [5.41, 5.74) is 0.138. The second-order valence-electron chi connectivity index (χ2n) is 7.42. The molecule has 0 aromatic rings. The number of rotatable bonds is 11. The van der Waals surface area contributed by atoms with E-state index < -0.39 is 11.9 Å². The Balaban J connectivity index is 4.02. The second kappa shape index (κ2) is 9.06. The molecule has 4 nitrogen and oxygen atoms in total. The van der Waals surface area contributed by atoms with Gasteiger partial charge in [-0.1, -0.05) is 53.9 Å². The molecule has 3 unspecified atom stereocenters. The summed E-state index contributed by atoms with van der Waals surface area (Å²) in [5.74, 6) is -1.35.